The van der Waals surface area contributed by atoms with Crippen molar-refractivity contribution in [3.63, 3.8) is 0 Å². The number of carbonyl (C=O) groups excluding carboxylic acids is 1. The molecule has 1 aliphatic rings. The monoisotopic (exact) mass is 345 g/mol. The second kappa shape index (κ2) is 7.15. The van der Waals surface area contributed by atoms with Crippen LogP contribution >= 0.6 is 11.6 Å². The highest BCUT2D eigenvalue weighted by Crippen LogP contribution is 2.27. The number of rotatable bonds is 4. The molecule has 0 aliphatic heterocycles. The number of carbonyl (C=O) groups is 1. The highest BCUT2D eigenvalue weighted by Gasteiger charge is 2.19. The smallest absolute Gasteiger partial charge is 0.248 e. The summed E-state index contributed by atoms with van der Waals surface area (Å²) >= 11 is 6.23. The minimum absolute atomic E-state index is 0.300. The highest BCUT2D eigenvalue weighted by atomic mass is 35.5. The predicted octanol–water partition coefficient (Wildman–Crippen LogP) is 2.58. The Morgan fingerprint density at radius 1 is 1.17 bits per heavy atom. The van der Waals surface area contributed by atoms with E-state index in [0.717, 1.165) is 31.2 Å². The van der Waals surface area contributed by atoms with Crippen molar-refractivity contribution in [1.29, 1.82) is 0 Å². The topological polar surface area (TPSA) is 107 Å². The molecule has 24 heavy (non-hydrogen) atoms. The summed E-state index contributed by atoms with van der Waals surface area (Å²) in [4.78, 5) is 20.0. The summed E-state index contributed by atoms with van der Waals surface area (Å²) in [6, 6.07) is 7.50. The van der Waals surface area contributed by atoms with E-state index in [0.29, 0.717) is 34.3 Å². The van der Waals surface area contributed by atoms with Crippen LogP contribution in [0.2, 0.25) is 5.02 Å². The van der Waals surface area contributed by atoms with E-state index < -0.39 is 5.91 Å². The summed E-state index contributed by atoms with van der Waals surface area (Å²) in [5.41, 5.74) is 13.1. The Morgan fingerprint density at radius 3 is 2.46 bits per heavy atom. The zero-order chi connectivity index (χ0) is 17.1. The highest BCUT2D eigenvalue weighted by molar-refractivity contribution is 6.32. The second-order valence-electron chi connectivity index (χ2n) is 6.09. The number of aromatic nitrogens is 2. The Kier molecular flexibility index (Phi) is 4.97. The quantitative estimate of drug-likeness (QED) is 0.789. The molecule has 2 aromatic rings. The minimum atomic E-state index is -0.465. The van der Waals surface area contributed by atoms with Gasteiger partial charge in [0, 0.05) is 23.2 Å². The van der Waals surface area contributed by atoms with Crippen molar-refractivity contribution in [2.24, 2.45) is 11.5 Å². The first kappa shape index (κ1) is 16.7. The van der Waals surface area contributed by atoms with Gasteiger partial charge in [-0.3, -0.25) is 4.79 Å². The predicted molar refractivity (Wildman–Crippen MR) is 94.9 cm³/mol. The molecular formula is C17H20ClN5O. The van der Waals surface area contributed by atoms with Crippen molar-refractivity contribution >= 4 is 23.5 Å². The fourth-order valence-electron chi connectivity index (χ4n) is 2.88. The summed E-state index contributed by atoms with van der Waals surface area (Å²) in [7, 11) is 0. The number of hydrogen-bond donors (Lipinski definition) is 3. The lowest BCUT2D eigenvalue weighted by molar-refractivity contribution is 0.100. The van der Waals surface area contributed by atoms with Crippen LogP contribution in [-0.4, -0.2) is 28.0 Å². The third-order valence-corrected chi connectivity index (χ3v) is 4.57. The van der Waals surface area contributed by atoms with Gasteiger partial charge in [0.05, 0.1) is 16.9 Å². The summed E-state index contributed by atoms with van der Waals surface area (Å²) in [6.07, 6.45) is 5.62. The molecule has 1 aliphatic carbocycles. The first-order valence-electron chi connectivity index (χ1n) is 7.98. The number of amides is 1. The molecule has 1 aromatic heterocycles. The van der Waals surface area contributed by atoms with Gasteiger partial charge in [-0.25, -0.2) is 9.97 Å². The molecule has 1 aromatic carbocycles. The van der Waals surface area contributed by atoms with E-state index in [2.05, 4.69) is 15.3 Å². The molecule has 0 atom stereocenters. The van der Waals surface area contributed by atoms with Crippen LogP contribution in [0.5, 0.6) is 0 Å². The number of anilines is 1. The van der Waals surface area contributed by atoms with E-state index in [4.69, 9.17) is 23.1 Å². The molecule has 7 heteroatoms. The molecule has 1 amide bonds. The van der Waals surface area contributed by atoms with Gasteiger partial charge in [-0.2, -0.15) is 0 Å². The van der Waals surface area contributed by atoms with Crippen molar-refractivity contribution in [3.05, 3.63) is 41.0 Å². The molecule has 0 radical (unpaired) electrons. The van der Waals surface area contributed by atoms with Crippen LogP contribution in [0.15, 0.2) is 30.5 Å². The second-order valence-corrected chi connectivity index (χ2v) is 6.49. The SMILES string of the molecule is NC(=O)c1ccc(-c2nc(NC3CCC(N)CC3)ncc2Cl)cc1. The maximum absolute atomic E-state index is 11.2. The Balaban J connectivity index is 1.79. The first-order valence-corrected chi connectivity index (χ1v) is 8.35. The molecule has 1 saturated carbocycles. The molecule has 6 nitrogen and oxygen atoms in total. The number of nitrogens with zero attached hydrogens (tertiary/aromatic N) is 2. The van der Waals surface area contributed by atoms with Crippen LogP contribution in [0.25, 0.3) is 11.3 Å². The van der Waals surface area contributed by atoms with E-state index in [-0.39, 0.29) is 0 Å². The number of primary amides is 1. The van der Waals surface area contributed by atoms with Crippen LogP contribution in [0.3, 0.4) is 0 Å². The molecule has 1 heterocycles. The molecule has 0 saturated heterocycles. The van der Waals surface area contributed by atoms with Gasteiger partial charge in [0.2, 0.25) is 11.9 Å². The van der Waals surface area contributed by atoms with Gasteiger partial charge in [-0.05, 0) is 37.8 Å². The van der Waals surface area contributed by atoms with Gasteiger partial charge in [0.15, 0.2) is 0 Å². The van der Waals surface area contributed by atoms with Crippen LogP contribution in [0.1, 0.15) is 36.0 Å². The number of hydrogen-bond acceptors (Lipinski definition) is 5. The van der Waals surface area contributed by atoms with Gasteiger partial charge in [-0.15, -0.1) is 0 Å². The Labute approximate surface area is 145 Å². The largest absolute Gasteiger partial charge is 0.366 e. The van der Waals surface area contributed by atoms with Gasteiger partial charge in [0.25, 0.3) is 0 Å². The van der Waals surface area contributed by atoms with E-state index >= 15 is 0 Å². The van der Waals surface area contributed by atoms with Crippen molar-refractivity contribution in [2.45, 2.75) is 37.8 Å². The molecule has 1 fully saturated rings. The van der Waals surface area contributed by atoms with Gasteiger partial charge >= 0.3 is 0 Å². The number of nitrogens with two attached hydrogens (primary N) is 2. The average Bonchev–Trinajstić information content (AvgIpc) is 2.59. The van der Waals surface area contributed by atoms with E-state index in [1.165, 1.54) is 0 Å². The van der Waals surface area contributed by atoms with Gasteiger partial charge in [-0.1, -0.05) is 23.7 Å². The fourth-order valence-corrected chi connectivity index (χ4v) is 3.08. The number of nitrogens with one attached hydrogen (secondary N) is 1. The zero-order valence-corrected chi connectivity index (χ0v) is 14.0. The molecule has 3 rings (SSSR count). The maximum Gasteiger partial charge on any atom is 0.248 e. The molecular weight excluding hydrogens is 326 g/mol. The lowest BCUT2D eigenvalue weighted by Crippen LogP contribution is -2.33. The standard InChI is InChI=1S/C17H20ClN5O/c18-14-9-21-17(22-13-7-5-12(19)6-8-13)23-15(14)10-1-3-11(4-2-10)16(20)24/h1-4,9,12-13H,5-8,19H2,(H2,20,24)(H,21,22,23). The van der Waals surface area contributed by atoms with Crippen molar-refractivity contribution < 1.29 is 4.79 Å². The Bertz CT molecular complexity index is 726. The maximum atomic E-state index is 11.2. The first-order chi connectivity index (χ1) is 11.5. The molecule has 0 spiro atoms. The van der Waals surface area contributed by atoms with E-state index in [9.17, 15) is 4.79 Å². The lowest BCUT2D eigenvalue weighted by Gasteiger charge is -2.26. The van der Waals surface area contributed by atoms with Crippen molar-refractivity contribution in [3.8, 4) is 11.3 Å². The molecule has 0 unspecified atom stereocenters. The van der Waals surface area contributed by atoms with Crippen LogP contribution in [0.4, 0.5) is 5.95 Å². The van der Waals surface area contributed by atoms with Crippen molar-refractivity contribution in [2.75, 3.05) is 5.32 Å². The van der Waals surface area contributed by atoms with Gasteiger partial charge < -0.3 is 16.8 Å². The number of benzene rings is 1. The van der Waals surface area contributed by atoms with Crippen molar-refractivity contribution in [1.82, 2.24) is 9.97 Å². The molecule has 0 bridgehead atoms. The van der Waals surface area contributed by atoms with Crippen LogP contribution in [-0.2, 0) is 0 Å². The summed E-state index contributed by atoms with van der Waals surface area (Å²) in [6.45, 7) is 0. The fraction of sp³-hybridized carbons (Fsp3) is 0.353. The van der Waals surface area contributed by atoms with Crippen LogP contribution in [0, 0.1) is 0 Å². The summed E-state index contributed by atoms with van der Waals surface area (Å²) in [5.74, 6) is 0.0852. The minimum Gasteiger partial charge on any atom is -0.366 e. The normalized spacial score (nSPS) is 20.6. The summed E-state index contributed by atoms with van der Waals surface area (Å²) in [5, 5.41) is 3.81. The lowest BCUT2D eigenvalue weighted by atomic mass is 9.92. The molecule has 126 valence electrons. The van der Waals surface area contributed by atoms with E-state index in [1.54, 1.807) is 30.5 Å². The van der Waals surface area contributed by atoms with E-state index in [1.807, 2.05) is 0 Å². The van der Waals surface area contributed by atoms with Crippen LogP contribution < -0.4 is 16.8 Å². The molecule has 5 N–H and O–H groups in total. The zero-order valence-electron chi connectivity index (χ0n) is 13.2. The Morgan fingerprint density at radius 2 is 1.83 bits per heavy atom. The third kappa shape index (κ3) is 3.83. The third-order valence-electron chi connectivity index (χ3n) is 4.29. The Hall–Kier alpha value is -2.18. The summed E-state index contributed by atoms with van der Waals surface area (Å²) < 4.78 is 0. The average molecular weight is 346 g/mol. The van der Waals surface area contributed by atoms with Gasteiger partial charge in [0.1, 0.15) is 0 Å². The number of halogens is 1.